The second-order valence-corrected chi connectivity index (χ2v) is 7.31. The molecule has 4 rings (SSSR count). The zero-order chi connectivity index (χ0) is 17.9. The first-order chi connectivity index (χ1) is 12.7. The fourth-order valence-electron chi connectivity index (χ4n) is 3.66. The van der Waals surface area contributed by atoms with Crippen LogP contribution in [0.5, 0.6) is 5.75 Å². The van der Waals surface area contributed by atoms with Gasteiger partial charge in [-0.3, -0.25) is 9.58 Å². The SMILES string of the molecule is OCCOc1ccccc1CN1CCCn2nc([C@@H](O)C3CC3)cc2C1. The van der Waals surface area contributed by atoms with E-state index in [0.717, 1.165) is 62.4 Å². The molecular weight excluding hydrogens is 330 g/mol. The van der Waals surface area contributed by atoms with Crippen LogP contribution in [-0.2, 0) is 19.6 Å². The van der Waals surface area contributed by atoms with Gasteiger partial charge in [0.2, 0.25) is 0 Å². The van der Waals surface area contributed by atoms with Crippen LogP contribution in [0, 0.1) is 5.92 Å². The normalized spacial score (nSPS) is 19.0. The van der Waals surface area contributed by atoms with Crippen LogP contribution in [0.3, 0.4) is 0 Å². The van der Waals surface area contributed by atoms with Crippen LogP contribution in [0.1, 0.15) is 42.3 Å². The molecule has 2 heterocycles. The third kappa shape index (κ3) is 3.92. The van der Waals surface area contributed by atoms with E-state index >= 15 is 0 Å². The summed E-state index contributed by atoms with van der Waals surface area (Å²) < 4.78 is 7.73. The second-order valence-electron chi connectivity index (χ2n) is 7.31. The van der Waals surface area contributed by atoms with E-state index in [1.54, 1.807) is 0 Å². The Morgan fingerprint density at radius 1 is 1.23 bits per heavy atom. The number of aryl methyl sites for hydroxylation is 1. The number of hydrogen-bond acceptors (Lipinski definition) is 5. The Balaban J connectivity index is 1.47. The Bertz CT molecular complexity index is 742. The van der Waals surface area contributed by atoms with Crippen LogP contribution in [0.15, 0.2) is 30.3 Å². The van der Waals surface area contributed by atoms with Crippen molar-refractivity contribution in [2.45, 2.75) is 45.0 Å². The Kier molecular flexibility index (Phi) is 5.24. The first-order valence-electron chi connectivity index (χ1n) is 9.53. The smallest absolute Gasteiger partial charge is 0.123 e. The third-order valence-corrected chi connectivity index (χ3v) is 5.20. The minimum absolute atomic E-state index is 0.0172. The topological polar surface area (TPSA) is 70.8 Å². The maximum absolute atomic E-state index is 10.4. The summed E-state index contributed by atoms with van der Waals surface area (Å²) in [6.45, 7) is 3.84. The molecule has 1 aliphatic heterocycles. The predicted octanol–water partition coefficient (Wildman–Crippen LogP) is 2.10. The number of aromatic nitrogens is 2. The molecule has 0 radical (unpaired) electrons. The zero-order valence-electron chi connectivity index (χ0n) is 15.0. The molecular formula is C20H27N3O3. The van der Waals surface area contributed by atoms with Gasteiger partial charge < -0.3 is 14.9 Å². The van der Waals surface area contributed by atoms with Gasteiger partial charge in [0, 0.05) is 31.7 Å². The van der Waals surface area contributed by atoms with Gasteiger partial charge in [0.1, 0.15) is 18.5 Å². The van der Waals surface area contributed by atoms with Crippen LogP contribution in [-0.4, -0.2) is 44.7 Å². The van der Waals surface area contributed by atoms with Gasteiger partial charge in [0.05, 0.1) is 18.0 Å². The minimum Gasteiger partial charge on any atom is -0.491 e. The molecule has 2 N–H and O–H groups in total. The van der Waals surface area contributed by atoms with Crippen LogP contribution in [0.25, 0.3) is 0 Å². The largest absolute Gasteiger partial charge is 0.491 e. The predicted molar refractivity (Wildman–Crippen MR) is 97.7 cm³/mol. The number of rotatable bonds is 7. The first kappa shape index (κ1) is 17.5. The molecule has 0 bridgehead atoms. The number of aliphatic hydroxyl groups is 2. The Morgan fingerprint density at radius 3 is 2.88 bits per heavy atom. The molecule has 2 aliphatic rings. The van der Waals surface area contributed by atoms with E-state index in [9.17, 15) is 5.11 Å². The van der Waals surface area contributed by atoms with E-state index in [2.05, 4.69) is 26.8 Å². The summed E-state index contributed by atoms with van der Waals surface area (Å²) in [6.07, 6.45) is 2.85. The molecule has 6 nitrogen and oxygen atoms in total. The minimum atomic E-state index is -0.407. The van der Waals surface area contributed by atoms with Gasteiger partial charge in [-0.1, -0.05) is 18.2 Å². The molecule has 140 valence electrons. The van der Waals surface area contributed by atoms with E-state index in [4.69, 9.17) is 9.84 Å². The molecule has 1 aliphatic carbocycles. The highest BCUT2D eigenvalue weighted by atomic mass is 16.5. The Hall–Kier alpha value is -1.89. The molecule has 1 fully saturated rings. The van der Waals surface area contributed by atoms with E-state index in [1.807, 2.05) is 18.2 Å². The van der Waals surface area contributed by atoms with Crippen molar-refractivity contribution in [3.8, 4) is 5.75 Å². The van der Waals surface area contributed by atoms with Crippen LogP contribution >= 0.6 is 0 Å². The lowest BCUT2D eigenvalue weighted by Gasteiger charge is -2.21. The van der Waals surface area contributed by atoms with E-state index in [-0.39, 0.29) is 6.61 Å². The number of benzene rings is 1. The van der Waals surface area contributed by atoms with Gasteiger partial charge in [-0.25, -0.2) is 0 Å². The van der Waals surface area contributed by atoms with Crippen LogP contribution in [0.2, 0.25) is 0 Å². The molecule has 1 aromatic carbocycles. The number of para-hydroxylation sites is 1. The average molecular weight is 357 g/mol. The van der Waals surface area contributed by atoms with Gasteiger partial charge in [-0.15, -0.1) is 0 Å². The van der Waals surface area contributed by atoms with E-state index < -0.39 is 6.10 Å². The first-order valence-corrected chi connectivity index (χ1v) is 9.53. The van der Waals surface area contributed by atoms with Gasteiger partial charge in [-0.2, -0.15) is 5.10 Å². The van der Waals surface area contributed by atoms with Crippen LogP contribution < -0.4 is 4.74 Å². The zero-order valence-corrected chi connectivity index (χ0v) is 15.0. The fraction of sp³-hybridized carbons (Fsp3) is 0.550. The highest BCUT2D eigenvalue weighted by Crippen LogP contribution is 2.40. The van der Waals surface area contributed by atoms with Crippen LogP contribution in [0.4, 0.5) is 0 Å². The van der Waals surface area contributed by atoms with Gasteiger partial charge >= 0.3 is 0 Å². The molecule has 0 spiro atoms. The highest BCUT2D eigenvalue weighted by Gasteiger charge is 2.33. The van der Waals surface area contributed by atoms with E-state index in [0.29, 0.717) is 12.5 Å². The van der Waals surface area contributed by atoms with Crippen molar-refractivity contribution in [1.29, 1.82) is 0 Å². The average Bonchev–Trinajstić information content (AvgIpc) is 3.45. The maximum Gasteiger partial charge on any atom is 0.123 e. The summed E-state index contributed by atoms with van der Waals surface area (Å²) in [5.74, 6) is 1.24. The lowest BCUT2D eigenvalue weighted by Crippen LogP contribution is -2.23. The summed E-state index contributed by atoms with van der Waals surface area (Å²) in [5, 5.41) is 24.0. The summed E-state index contributed by atoms with van der Waals surface area (Å²) in [7, 11) is 0. The monoisotopic (exact) mass is 357 g/mol. The van der Waals surface area contributed by atoms with Gasteiger partial charge in [0.25, 0.3) is 0 Å². The van der Waals surface area contributed by atoms with Gasteiger partial charge in [0.15, 0.2) is 0 Å². The highest BCUT2D eigenvalue weighted by molar-refractivity contribution is 5.33. The summed E-state index contributed by atoms with van der Waals surface area (Å²) in [6, 6.07) is 10.1. The van der Waals surface area contributed by atoms with Crippen molar-refractivity contribution in [2.24, 2.45) is 5.92 Å². The molecule has 1 saturated carbocycles. The number of ether oxygens (including phenoxy) is 1. The lowest BCUT2D eigenvalue weighted by atomic mass is 10.1. The molecule has 1 atom stereocenters. The Labute approximate surface area is 154 Å². The summed E-state index contributed by atoms with van der Waals surface area (Å²) in [5.41, 5.74) is 3.13. The van der Waals surface area contributed by atoms with Crippen molar-refractivity contribution >= 4 is 0 Å². The standard InChI is InChI=1S/C20H27N3O3/c24-10-11-26-19-5-2-1-4-16(19)13-22-8-3-9-23-17(14-22)12-18(21-23)20(25)15-6-7-15/h1-2,4-5,12,15,20,24-25H,3,6-11,13-14H2/t20-/m0/s1. The number of fused-ring (bicyclic) bond motifs is 1. The second kappa shape index (κ2) is 7.78. The van der Waals surface area contributed by atoms with Crippen molar-refractivity contribution < 1.29 is 14.9 Å². The van der Waals surface area contributed by atoms with Crippen molar-refractivity contribution in [3.63, 3.8) is 0 Å². The molecule has 1 aromatic heterocycles. The number of aliphatic hydroxyl groups excluding tert-OH is 2. The summed E-state index contributed by atoms with van der Waals surface area (Å²) in [4.78, 5) is 2.40. The van der Waals surface area contributed by atoms with Crippen molar-refractivity contribution in [3.05, 3.63) is 47.3 Å². The lowest BCUT2D eigenvalue weighted by molar-refractivity contribution is 0.148. The van der Waals surface area contributed by atoms with E-state index in [1.165, 1.54) is 5.69 Å². The maximum atomic E-state index is 10.4. The van der Waals surface area contributed by atoms with Crippen molar-refractivity contribution in [2.75, 3.05) is 19.8 Å². The molecule has 0 unspecified atom stereocenters. The number of hydrogen-bond donors (Lipinski definition) is 2. The van der Waals surface area contributed by atoms with Gasteiger partial charge in [-0.05, 0) is 37.3 Å². The van der Waals surface area contributed by atoms with Crippen molar-refractivity contribution in [1.82, 2.24) is 14.7 Å². The molecule has 2 aromatic rings. The Morgan fingerprint density at radius 2 is 2.08 bits per heavy atom. The quantitative estimate of drug-likeness (QED) is 0.794. The molecule has 6 heteroatoms. The third-order valence-electron chi connectivity index (χ3n) is 5.20. The molecule has 0 saturated heterocycles. The summed E-state index contributed by atoms with van der Waals surface area (Å²) >= 11 is 0. The number of nitrogens with zero attached hydrogens (tertiary/aromatic N) is 3. The molecule has 26 heavy (non-hydrogen) atoms. The molecule has 0 amide bonds. The fourth-order valence-corrected chi connectivity index (χ4v) is 3.66.